The molecule has 38 heavy (non-hydrogen) atoms. The van der Waals surface area contributed by atoms with Crippen LogP contribution < -0.4 is 0 Å². The molecule has 3 saturated heterocycles. The highest BCUT2D eigenvalue weighted by Crippen LogP contribution is 2.49. The average molecular weight is 500 g/mol. The Morgan fingerprint density at radius 3 is 2.34 bits per heavy atom. The summed E-state index contributed by atoms with van der Waals surface area (Å²) in [5, 5.41) is 6.61. The zero-order valence-electron chi connectivity index (χ0n) is 22.1. The van der Waals surface area contributed by atoms with E-state index in [9.17, 15) is 0 Å². The van der Waals surface area contributed by atoms with E-state index in [1.165, 1.54) is 51.0 Å². The molecule has 3 fully saturated rings. The number of quaternary nitrogens is 1. The summed E-state index contributed by atoms with van der Waals surface area (Å²) >= 11 is 0. The first kappa shape index (κ1) is 23.6. The molecule has 0 amide bonds. The molecule has 0 radical (unpaired) electrons. The minimum Gasteiger partial charge on any atom is -0.370 e. The number of pyridine rings is 1. The van der Waals surface area contributed by atoms with Gasteiger partial charge in [-0.05, 0) is 51.2 Å². The van der Waals surface area contributed by atoms with Gasteiger partial charge >= 0.3 is 0 Å². The van der Waals surface area contributed by atoms with Crippen molar-refractivity contribution < 1.29 is 9.22 Å². The molecule has 0 saturated carbocycles. The monoisotopic (exact) mass is 499 g/mol. The topological polar surface area (TPSA) is 22.1 Å². The van der Waals surface area contributed by atoms with E-state index in [-0.39, 0.29) is 6.10 Å². The molecule has 5 aromatic rings. The van der Waals surface area contributed by atoms with Crippen LogP contribution >= 0.6 is 0 Å². The fraction of sp³-hybridized carbons (Fsp3) is 0.286. The first-order valence-electron chi connectivity index (χ1n) is 13.9. The van der Waals surface area contributed by atoms with Gasteiger partial charge in [-0.3, -0.25) is 4.98 Å². The van der Waals surface area contributed by atoms with Crippen molar-refractivity contribution in [3.05, 3.63) is 115 Å². The molecule has 8 rings (SSSR count). The van der Waals surface area contributed by atoms with Crippen molar-refractivity contribution in [2.75, 3.05) is 20.2 Å². The second-order valence-corrected chi connectivity index (χ2v) is 11.4. The molecule has 4 aromatic carbocycles. The van der Waals surface area contributed by atoms with Crippen LogP contribution in [0.1, 0.15) is 30.1 Å². The maximum Gasteiger partial charge on any atom is 0.135 e. The van der Waals surface area contributed by atoms with Gasteiger partial charge in [0, 0.05) is 43.0 Å². The Morgan fingerprint density at radius 2 is 1.63 bits per heavy atom. The summed E-state index contributed by atoms with van der Waals surface area (Å²) in [6, 6.07) is 31.3. The minimum atomic E-state index is 0.0118. The van der Waals surface area contributed by atoms with Crippen molar-refractivity contribution in [3.8, 4) is 0 Å². The fourth-order valence-corrected chi connectivity index (χ4v) is 7.81. The van der Waals surface area contributed by atoms with Crippen molar-refractivity contribution in [3.63, 3.8) is 0 Å². The molecule has 3 aliphatic rings. The molecule has 2 bridgehead atoms. The predicted molar refractivity (Wildman–Crippen MR) is 157 cm³/mol. The Morgan fingerprint density at radius 1 is 0.947 bits per heavy atom. The van der Waals surface area contributed by atoms with Crippen LogP contribution in [-0.4, -0.2) is 35.7 Å². The van der Waals surface area contributed by atoms with E-state index in [1.54, 1.807) is 0 Å². The summed E-state index contributed by atoms with van der Waals surface area (Å²) in [5.74, 6) is 1.22. The molecule has 3 unspecified atom stereocenters. The van der Waals surface area contributed by atoms with Gasteiger partial charge in [0.25, 0.3) is 0 Å². The Balaban J connectivity index is 1.41. The molecule has 0 N–H and O–H groups in total. The lowest BCUT2D eigenvalue weighted by molar-refractivity contribution is -0.984. The van der Waals surface area contributed by atoms with Gasteiger partial charge in [0.15, 0.2) is 0 Å². The number of nitrogens with zero attached hydrogens (tertiary/aromatic N) is 2. The number of hydrogen-bond donors (Lipinski definition) is 0. The molecule has 0 aliphatic carbocycles. The summed E-state index contributed by atoms with van der Waals surface area (Å²) in [7, 11) is 1.90. The maximum atomic E-state index is 6.47. The SMILES string of the molecule is C=CC1C[N+]2(Cc3c4ccccc4cc4ccccc34)CCC1C[C@@H]2[C@H](OC)c1ccnc2ccccc12. The van der Waals surface area contributed by atoms with E-state index in [4.69, 9.17) is 4.74 Å². The molecular formula is C35H35N2O+. The third kappa shape index (κ3) is 3.68. The van der Waals surface area contributed by atoms with Crippen molar-refractivity contribution >= 4 is 32.4 Å². The minimum absolute atomic E-state index is 0.0118. The number of para-hydroxylation sites is 1. The first-order valence-corrected chi connectivity index (χ1v) is 13.9. The van der Waals surface area contributed by atoms with Gasteiger partial charge in [0.2, 0.25) is 0 Å². The van der Waals surface area contributed by atoms with Crippen molar-refractivity contribution in [1.82, 2.24) is 4.98 Å². The highest BCUT2D eigenvalue weighted by atomic mass is 16.5. The second-order valence-electron chi connectivity index (χ2n) is 11.4. The molecule has 3 aliphatic heterocycles. The third-order valence-electron chi connectivity index (χ3n) is 9.62. The van der Waals surface area contributed by atoms with E-state index in [1.807, 2.05) is 13.3 Å². The van der Waals surface area contributed by atoms with Gasteiger partial charge < -0.3 is 9.22 Å². The van der Waals surface area contributed by atoms with E-state index >= 15 is 0 Å². The second kappa shape index (κ2) is 9.34. The molecule has 3 nitrogen and oxygen atoms in total. The van der Waals surface area contributed by atoms with E-state index < -0.39 is 0 Å². The Hall–Kier alpha value is -3.53. The maximum absolute atomic E-state index is 6.47. The highest BCUT2D eigenvalue weighted by molar-refractivity contribution is 6.02. The van der Waals surface area contributed by atoms with Crippen LogP contribution in [0, 0.1) is 11.8 Å². The molecule has 190 valence electrons. The summed E-state index contributed by atoms with van der Waals surface area (Å²) in [4.78, 5) is 4.66. The molecule has 4 heterocycles. The molecule has 5 atom stereocenters. The number of rotatable bonds is 6. The number of aromatic nitrogens is 1. The molecule has 3 heteroatoms. The van der Waals surface area contributed by atoms with Crippen LogP contribution in [0.5, 0.6) is 0 Å². The van der Waals surface area contributed by atoms with Gasteiger partial charge in [0.1, 0.15) is 18.7 Å². The van der Waals surface area contributed by atoms with Gasteiger partial charge in [-0.1, -0.05) is 72.8 Å². The fourth-order valence-electron chi connectivity index (χ4n) is 7.81. The average Bonchev–Trinajstić information content (AvgIpc) is 2.98. The molecule has 0 spiro atoms. The zero-order valence-corrected chi connectivity index (χ0v) is 22.1. The Bertz CT molecular complexity index is 1600. The van der Waals surface area contributed by atoms with Crippen LogP contribution in [0.25, 0.3) is 32.4 Å². The first-order chi connectivity index (χ1) is 18.7. The number of hydrogen-bond acceptors (Lipinski definition) is 2. The van der Waals surface area contributed by atoms with Crippen molar-refractivity contribution in [2.45, 2.75) is 31.5 Å². The van der Waals surface area contributed by atoms with Crippen LogP contribution in [0.15, 0.2) is 104 Å². The smallest absolute Gasteiger partial charge is 0.135 e. The van der Waals surface area contributed by atoms with Gasteiger partial charge in [-0.15, -0.1) is 6.58 Å². The van der Waals surface area contributed by atoms with Crippen LogP contribution in [-0.2, 0) is 11.3 Å². The lowest BCUT2D eigenvalue weighted by Crippen LogP contribution is -2.67. The number of piperidine rings is 3. The summed E-state index contributed by atoms with van der Waals surface area (Å²) in [6.45, 7) is 7.59. The Kier molecular flexibility index (Phi) is 5.79. The van der Waals surface area contributed by atoms with Gasteiger partial charge in [-0.2, -0.15) is 0 Å². The third-order valence-corrected chi connectivity index (χ3v) is 9.62. The summed E-state index contributed by atoms with van der Waals surface area (Å²) in [5.41, 5.74) is 3.78. The quantitative estimate of drug-likeness (QED) is 0.135. The normalized spacial score (nSPS) is 25.7. The van der Waals surface area contributed by atoms with Crippen molar-refractivity contribution in [1.29, 1.82) is 0 Å². The van der Waals surface area contributed by atoms with Gasteiger partial charge in [-0.25, -0.2) is 0 Å². The van der Waals surface area contributed by atoms with E-state index in [0.29, 0.717) is 17.9 Å². The highest BCUT2D eigenvalue weighted by Gasteiger charge is 2.54. The van der Waals surface area contributed by atoms with Gasteiger partial charge in [0.05, 0.1) is 18.6 Å². The van der Waals surface area contributed by atoms with E-state index in [2.05, 4.69) is 103 Å². The number of ether oxygens (including phenoxy) is 1. The lowest BCUT2D eigenvalue weighted by atomic mass is 9.71. The van der Waals surface area contributed by atoms with E-state index in [0.717, 1.165) is 29.5 Å². The van der Waals surface area contributed by atoms with Crippen LogP contribution in [0.2, 0.25) is 0 Å². The summed E-state index contributed by atoms with van der Waals surface area (Å²) in [6.07, 6.45) is 6.61. The van der Waals surface area contributed by atoms with Crippen LogP contribution in [0.3, 0.4) is 0 Å². The lowest BCUT2D eigenvalue weighted by Gasteiger charge is -2.58. The predicted octanol–water partition coefficient (Wildman–Crippen LogP) is 7.84. The standard InChI is InChI=1S/C35H35N2O/c1-3-24-22-37(23-32-28-12-6-4-10-26(28)20-27-11-5-7-13-29(27)32)19-17-25(24)21-34(37)35(38-2)31-16-18-36-33-15-9-8-14-30(31)33/h3-16,18,20,24-25,34-35H,1,17,19,21-23H2,2H3/q+1/t24?,25?,34-,35-,37?/m1/s1. The zero-order chi connectivity index (χ0) is 25.7. The molecular weight excluding hydrogens is 464 g/mol. The number of benzene rings is 4. The number of fused-ring (bicyclic) bond motifs is 6. The number of methoxy groups -OCH3 is 1. The largest absolute Gasteiger partial charge is 0.370 e. The van der Waals surface area contributed by atoms with Crippen LogP contribution in [0.4, 0.5) is 0 Å². The molecule has 1 aromatic heterocycles. The Labute approximate surface area is 225 Å². The van der Waals surface area contributed by atoms with Crippen molar-refractivity contribution in [2.24, 2.45) is 11.8 Å². The summed E-state index contributed by atoms with van der Waals surface area (Å²) < 4.78 is 7.52.